The van der Waals surface area contributed by atoms with E-state index >= 15 is 0 Å². The van der Waals surface area contributed by atoms with Crippen LogP contribution in [-0.4, -0.2) is 42.4 Å². The quantitative estimate of drug-likeness (QED) is 0.361. The van der Waals surface area contributed by atoms with Crippen molar-refractivity contribution in [1.29, 1.82) is 0 Å². The summed E-state index contributed by atoms with van der Waals surface area (Å²) in [6.45, 7) is 0. The van der Waals surface area contributed by atoms with Gasteiger partial charge in [0.25, 0.3) is 11.8 Å². The second kappa shape index (κ2) is 8.84. The summed E-state index contributed by atoms with van der Waals surface area (Å²) in [5.74, 6) is -2.59. The highest BCUT2D eigenvalue weighted by molar-refractivity contribution is 6.99. The molecular weight excluding hydrogens is 416 g/mol. The third kappa shape index (κ3) is 4.33. The number of ketones is 1. The Morgan fingerprint density at radius 3 is 2.68 bits per heavy atom. The highest BCUT2D eigenvalue weighted by atomic mass is 32.1. The van der Waals surface area contributed by atoms with E-state index in [0.717, 1.165) is 28.2 Å². The van der Waals surface area contributed by atoms with Crippen molar-refractivity contribution in [2.24, 2.45) is 5.73 Å². The Hall–Kier alpha value is -3.92. The van der Waals surface area contributed by atoms with Crippen molar-refractivity contribution in [2.75, 3.05) is 0 Å². The number of nitrogens with zero attached hydrogens (tertiary/aromatic N) is 3. The second-order valence-corrected chi connectivity index (χ2v) is 7.36. The monoisotopic (exact) mass is 434 g/mol. The van der Waals surface area contributed by atoms with E-state index in [2.05, 4.69) is 24.0 Å². The van der Waals surface area contributed by atoms with Gasteiger partial charge in [-0.05, 0) is 36.6 Å². The van der Waals surface area contributed by atoms with Gasteiger partial charge in [-0.1, -0.05) is 24.3 Å². The smallest absolute Gasteiger partial charge is 0.287 e. The van der Waals surface area contributed by atoms with E-state index < -0.39 is 23.6 Å². The molecule has 0 spiro atoms. The number of para-hydroxylation sites is 1. The zero-order valence-electron chi connectivity index (χ0n) is 16.2. The Kier molecular flexibility index (Phi) is 5.80. The largest absolute Gasteiger partial charge is 0.363 e. The molecular formula is C21H18N6O3S. The number of aryl methyl sites for hydroxylation is 1. The van der Waals surface area contributed by atoms with Crippen LogP contribution in [-0.2, 0) is 16.0 Å². The fourth-order valence-corrected chi connectivity index (χ4v) is 3.87. The van der Waals surface area contributed by atoms with Crippen molar-refractivity contribution in [1.82, 2.24) is 24.0 Å². The Balaban J connectivity index is 1.54. The minimum absolute atomic E-state index is 0.0399. The van der Waals surface area contributed by atoms with E-state index in [-0.39, 0.29) is 12.1 Å². The zero-order chi connectivity index (χ0) is 21.8. The molecule has 0 radical (unpaired) electrons. The van der Waals surface area contributed by atoms with Gasteiger partial charge in [0.05, 0.1) is 23.5 Å². The summed E-state index contributed by atoms with van der Waals surface area (Å²) >= 11 is 0.862. The molecule has 4 aromatic rings. The molecule has 1 aromatic carbocycles. The Morgan fingerprint density at radius 2 is 1.90 bits per heavy atom. The fraction of sp³-hybridized carbons (Fsp3) is 0.143. The summed E-state index contributed by atoms with van der Waals surface area (Å²) in [7, 11) is 0. The molecule has 0 saturated carbocycles. The number of fused-ring (bicyclic) bond motifs is 1. The normalized spacial score (nSPS) is 11.9. The molecule has 4 N–H and O–H groups in total. The number of aromatic amines is 1. The summed E-state index contributed by atoms with van der Waals surface area (Å²) in [5.41, 5.74) is 7.98. The van der Waals surface area contributed by atoms with Crippen molar-refractivity contribution in [2.45, 2.75) is 18.9 Å². The first-order chi connectivity index (χ1) is 15.0. The number of pyridine rings is 1. The topological polar surface area (TPSA) is 144 Å². The molecule has 156 valence electrons. The molecule has 31 heavy (non-hydrogen) atoms. The van der Waals surface area contributed by atoms with Crippen LogP contribution in [0.5, 0.6) is 0 Å². The number of carbonyl (C=O) groups excluding carboxylic acids is 3. The lowest BCUT2D eigenvalue weighted by Crippen LogP contribution is -2.46. The third-order valence-electron chi connectivity index (χ3n) is 4.85. The van der Waals surface area contributed by atoms with Crippen LogP contribution < -0.4 is 11.1 Å². The van der Waals surface area contributed by atoms with Crippen LogP contribution >= 0.6 is 11.7 Å². The van der Waals surface area contributed by atoms with Gasteiger partial charge in [-0.2, -0.15) is 8.75 Å². The number of H-pyrrole nitrogens is 1. The standard InChI is InChI=1S/C21H18N6O3S/c22-20(29)19(28)16(9-8-12-11-24-14-6-2-1-5-13(12)14)25-21(30)18-17(26-31-27-18)15-7-3-4-10-23-15/h1-7,10-11,16,24H,8-9H2,(H2,22,29)(H,25,30). The Morgan fingerprint density at radius 1 is 1.10 bits per heavy atom. The van der Waals surface area contributed by atoms with Gasteiger partial charge < -0.3 is 16.0 Å². The summed E-state index contributed by atoms with van der Waals surface area (Å²) in [5, 5.41) is 3.61. The van der Waals surface area contributed by atoms with E-state index in [1.54, 1.807) is 24.4 Å². The van der Waals surface area contributed by atoms with Crippen LogP contribution in [0.4, 0.5) is 0 Å². The van der Waals surface area contributed by atoms with Crippen molar-refractivity contribution in [3.8, 4) is 11.4 Å². The van der Waals surface area contributed by atoms with E-state index in [4.69, 9.17) is 5.73 Å². The third-order valence-corrected chi connectivity index (χ3v) is 5.38. The van der Waals surface area contributed by atoms with Gasteiger partial charge in [-0.25, -0.2) is 0 Å². The zero-order valence-corrected chi connectivity index (χ0v) is 17.1. The minimum Gasteiger partial charge on any atom is -0.363 e. The maximum Gasteiger partial charge on any atom is 0.287 e. The predicted molar refractivity (Wildman–Crippen MR) is 115 cm³/mol. The number of hydrogen-bond acceptors (Lipinski definition) is 7. The van der Waals surface area contributed by atoms with Crippen LogP contribution in [0.3, 0.4) is 0 Å². The Bertz CT molecular complexity index is 1250. The number of primary amides is 1. The van der Waals surface area contributed by atoms with Crippen LogP contribution in [0.1, 0.15) is 22.5 Å². The number of carbonyl (C=O) groups is 3. The minimum atomic E-state index is -1.11. The average molecular weight is 434 g/mol. The first-order valence-corrected chi connectivity index (χ1v) is 10.2. The molecule has 0 aliphatic heterocycles. The molecule has 0 fully saturated rings. The van der Waals surface area contributed by atoms with Crippen LogP contribution in [0.2, 0.25) is 0 Å². The molecule has 0 aliphatic carbocycles. The summed E-state index contributed by atoms with van der Waals surface area (Å²) in [6.07, 6.45) is 4.08. The number of Topliss-reactive ketones (excluding diaryl/α,β-unsaturated/α-hetero) is 1. The highest BCUT2D eigenvalue weighted by Crippen LogP contribution is 2.21. The molecule has 4 rings (SSSR count). The molecule has 3 heterocycles. The van der Waals surface area contributed by atoms with Crippen molar-refractivity contribution >= 4 is 40.2 Å². The molecule has 3 aromatic heterocycles. The van der Waals surface area contributed by atoms with Gasteiger partial charge >= 0.3 is 0 Å². The number of hydrogen-bond donors (Lipinski definition) is 3. The molecule has 10 heteroatoms. The van der Waals surface area contributed by atoms with Crippen molar-refractivity contribution in [3.05, 3.63) is 66.1 Å². The van der Waals surface area contributed by atoms with Gasteiger partial charge in [-0.15, -0.1) is 0 Å². The van der Waals surface area contributed by atoms with Crippen LogP contribution in [0, 0.1) is 0 Å². The van der Waals surface area contributed by atoms with Crippen LogP contribution in [0.25, 0.3) is 22.3 Å². The number of amides is 2. The van der Waals surface area contributed by atoms with E-state index in [1.807, 2.05) is 30.5 Å². The molecule has 1 unspecified atom stereocenters. The lowest BCUT2D eigenvalue weighted by Gasteiger charge is -2.15. The van der Waals surface area contributed by atoms with Gasteiger partial charge in [-0.3, -0.25) is 19.4 Å². The second-order valence-electron chi connectivity index (χ2n) is 6.83. The lowest BCUT2D eigenvalue weighted by atomic mass is 10.0. The first kappa shape index (κ1) is 20.4. The summed E-state index contributed by atoms with van der Waals surface area (Å²) in [6, 6.07) is 11.9. The van der Waals surface area contributed by atoms with E-state index in [1.165, 1.54) is 0 Å². The number of nitrogens with one attached hydrogen (secondary N) is 2. The number of rotatable bonds is 8. The molecule has 9 nitrogen and oxygen atoms in total. The molecule has 1 atom stereocenters. The van der Waals surface area contributed by atoms with Gasteiger partial charge in [0.2, 0.25) is 5.78 Å². The number of benzene rings is 1. The first-order valence-electron chi connectivity index (χ1n) is 9.48. The maximum absolute atomic E-state index is 12.9. The fourth-order valence-electron chi connectivity index (χ4n) is 3.31. The SMILES string of the molecule is NC(=O)C(=O)C(CCc1c[nH]c2ccccc12)NC(=O)c1nsnc1-c1ccccn1. The predicted octanol–water partition coefficient (Wildman–Crippen LogP) is 1.87. The molecule has 0 aliphatic rings. The average Bonchev–Trinajstić information content (AvgIpc) is 3.44. The summed E-state index contributed by atoms with van der Waals surface area (Å²) < 4.78 is 8.19. The number of aromatic nitrogens is 4. The van der Waals surface area contributed by atoms with Gasteiger partial charge in [0.15, 0.2) is 5.69 Å². The van der Waals surface area contributed by atoms with Crippen LogP contribution in [0.15, 0.2) is 54.9 Å². The maximum atomic E-state index is 12.9. The molecule has 2 amide bonds. The van der Waals surface area contributed by atoms with Crippen molar-refractivity contribution < 1.29 is 14.4 Å². The van der Waals surface area contributed by atoms with Crippen molar-refractivity contribution in [3.63, 3.8) is 0 Å². The molecule has 0 bridgehead atoms. The van der Waals surface area contributed by atoms with Gasteiger partial charge in [0.1, 0.15) is 5.69 Å². The van der Waals surface area contributed by atoms with E-state index in [9.17, 15) is 14.4 Å². The summed E-state index contributed by atoms with van der Waals surface area (Å²) in [4.78, 5) is 44.1. The van der Waals surface area contributed by atoms with Gasteiger partial charge in [0, 0.05) is 23.3 Å². The number of nitrogens with two attached hydrogens (primary N) is 1. The lowest BCUT2D eigenvalue weighted by molar-refractivity contribution is -0.137. The highest BCUT2D eigenvalue weighted by Gasteiger charge is 2.28. The Labute approximate surface area is 181 Å². The van der Waals surface area contributed by atoms with E-state index in [0.29, 0.717) is 17.8 Å². The molecule has 0 saturated heterocycles.